The number of nitrogens with zero attached hydrogens (tertiary/aromatic N) is 3. The van der Waals surface area contributed by atoms with E-state index >= 15 is 0 Å². The summed E-state index contributed by atoms with van der Waals surface area (Å²) in [6.45, 7) is 7.42. The van der Waals surface area contributed by atoms with Gasteiger partial charge in [-0.3, -0.25) is 14.6 Å². The van der Waals surface area contributed by atoms with E-state index in [0.717, 1.165) is 88.6 Å². The molecule has 0 aromatic heterocycles. The van der Waals surface area contributed by atoms with Crippen LogP contribution in [-0.4, -0.2) is 72.7 Å². The maximum Gasteiger partial charge on any atom is 0.249 e. The topological polar surface area (TPSA) is 45.3 Å². The number of carbonyl (C=O) groups is 1. The third-order valence-electron chi connectivity index (χ3n) is 6.77. The molecular weight excluding hydrogens is 366 g/mol. The van der Waals surface area contributed by atoms with Crippen LogP contribution in [0.2, 0.25) is 0 Å². The third-order valence-corrected chi connectivity index (χ3v) is 6.77. The first-order valence-corrected chi connectivity index (χ1v) is 11.1. The summed E-state index contributed by atoms with van der Waals surface area (Å²) in [6.07, 6.45) is 7.68. The average molecular weight is 398 g/mol. The van der Waals surface area contributed by atoms with Crippen molar-refractivity contribution in [2.45, 2.75) is 44.7 Å². The van der Waals surface area contributed by atoms with Crippen LogP contribution in [0.3, 0.4) is 0 Å². The average Bonchev–Trinajstić information content (AvgIpc) is 3.46. The molecule has 156 valence electrons. The molecule has 4 aliphatic rings. The molecule has 1 aromatic carbocycles. The zero-order valence-electron chi connectivity index (χ0n) is 17.1. The first-order chi connectivity index (χ1) is 14.3. The van der Waals surface area contributed by atoms with Crippen molar-refractivity contribution in [1.82, 2.24) is 14.7 Å². The first kappa shape index (κ1) is 18.9. The minimum absolute atomic E-state index is 0.300. The molecule has 1 atom stereocenters. The summed E-state index contributed by atoms with van der Waals surface area (Å²) in [5.74, 6) is 2.02. The van der Waals surface area contributed by atoms with E-state index in [1.165, 1.54) is 12.0 Å². The van der Waals surface area contributed by atoms with Gasteiger partial charge in [-0.1, -0.05) is 12.1 Å². The Balaban J connectivity index is 1.13. The molecule has 0 saturated carbocycles. The standard InChI is InChI=1S/C23H31N3O3/c27-23(19-4-1-2-5-19)26-9-3-6-20(16-26)25-12-10-24(11-13-25)15-18-7-8-21-22(14-18)29-17-28-21/h4,7-8,14,20H,1-3,5-6,9-13,15-17H2/t20-/m0/s1. The number of piperazine rings is 1. The second-order valence-electron chi connectivity index (χ2n) is 8.67. The number of likely N-dealkylation sites (tertiary alicyclic amines) is 1. The van der Waals surface area contributed by atoms with Gasteiger partial charge in [-0.15, -0.1) is 0 Å². The lowest BCUT2D eigenvalue weighted by Crippen LogP contribution is -2.55. The van der Waals surface area contributed by atoms with Crippen LogP contribution in [0.25, 0.3) is 0 Å². The molecule has 1 aliphatic carbocycles. The SMILES string of the molecule is O=C(C1=CCCC1)N1CCC[C@H](N2CCN(Cc3ccc4c(c3)OCO4)CC2)C1. The van der Waals surface area contributed by atoms with Crippen LogP contribution < -0.4 is 9.47 Å². The molecule has 0 spiro atoms. The van der Waals surface area contributed by atoms with E-state index in [2.05, 4.69) is 32.9 Å². The smallest absolute Gasteiger partial charge is 0.249 e. The Kier molecular flexibility index (Phi) is 5.46. The zero-order valence-corrected chi connectivity index (χ0v) is 17.1. The summed E-state index contributed by atoms with van der Waals surface area (Å²) in [4.78, 5) is 20.0. The van der Waals surface area contributed by atoms with Crippen molar-refractivity contribution in [1.29, 1.82) is 0 Å². The van der Waals surface area contributed by atoms with Crippen molar-refractivity contribution in [3.63, 3.8) is 0 Å². The predicted octanol–water partition coefficient (Wildman–Crippen LogP) is 2.63. The molecule has 0 radical (unpaired) electrons. The van der Waals surface area contributed by atoms with Crippen molar-refractivity contribution < 1.29 is 14.3 Å². The summed E-state index contributed by atoms with van der Waals surface area (Å²) in [6, 6.07) is 6.78. The second-order valence-corrected chi connectivity index (χ2v) is 8.67. The molecule has 2 saturated heterocycles. The molecule has 29 heavy (non-hydrogen) atoms. The summed E-state index contributed by atoms with van der Waals surface area (Å²) >= 11 is 0. The van der Waals surface area contributed by atoms with E-state index in [0.29, 0.717) is 18.7 Å². The highest BCUT2D eigenvalue weighted by molar-refractivity contribution is 5.93. The number of ether oxygens (including phenoxy) is 2. The molecule has 3 aliphatic heterocycles. The molecule has 2 fully saturated rings. The van der Waals surface area contributed by atoms with Gasteiger partial charge in [0.1, 0.15) is 0 Å². The van der Waals surface area contributed by atoms with E-state index in [1.54, 1.807) is 0 Å². The molecule has 0 unspecified atom stereocenters. The Morgan fingerprint density at radius 3 is 2.72 bits per heavy atom. The fourth-order valence-electron chi connectivity index (χ4n) is 5.09. The second kappa shape index (κ2) is 8.36. The van der Waals surface area contributed by atoms with Gasteiger partial charge in [-0.05, 0) is 49.8 Å². The predicted molar refractivity (Wildman–Crippen MR) is 111 cm³/mol. The Morgan fingerprint density at radius 2 is 1.90 bits per heavy atom. The van der Waals surface area contributed by atoms with Crippen LogP contribution in [0.15, 0.2) is 29.8 Å². The Bertz CT molecular complexity index is 786. The minimum atomic E-state index is 0.300. The van der Waals surface area contributed by atoms with E-state index in [9.17, 15) is 4.79 Å². The summed E-state index contributed by atoms with van der Waals surface area (Å²) in [5, 5.41) is 0. The number of benzene rings is 1. The molecule has 0 N–H and O–H groups in total. The lowest BCUT2D eigenvalue weighted by molar-refractivity contribution is -0.129. The van der Waals surface area contributed by atoms with Crippen molar-refractivity contribution in [2.75, 3.05) is 46.1 Å². The lowest BCUT2D eigenvalue weighted by Gasteiger charge is -2.43. The number of allylic oxidation sites excluding steroid dienone is 1. The van der Waals surface area contributed by atoms with E-state index < -0.39 is 0 Å². The Hall–Kier alpha value is -2.05. The third kappa shape index (κ3) is 4.14. The quantitative estimate of drug-likeness (QED) is 0.782. The number of carbonyl (C=O) groups excluding carboxylic acids is 1. The van der Waals surface area contributed by atoms with Gasteiger partial charge in [0, 0.05) is 57.4 Å². The highest BCUT2D eigenvalue weighted by atomic mass is 16.7. The van der Waals surface area contributed by atoms with Gasteiger partial charge in [-0.2, -0.15) is 0 Å². The molecule has 5 rings (SSSR count). The lowest BCUT2D eigenvalue weighted by atomic mass is 10.0. The van der Waals surface area contributed by atoms with Crippen molar-refractivity contribution in [2.24, 2.45) is 0 Å². The molecule has 6 nitrogen and oxygen atoms in total. The molecule has 1 aromatic rings. The van der Waals surface area contributed by atoms with E-state index in [4.69, 9.17) is 9.47 Å². The molecule has 6 heteroatoms. The van der Waals surface area contributed by atoms with E-state index in [-0.39, 0.29) is 0 Å². The van der Waals surface area contributed by atoms with Crippen LogP contribution in [-0.2, 0) is 11.3 Å². The largest absolute Gasteiger partial charge is 0.454 e. The number of piperidine rings is 1. The number of amides is 1. The maximum atomic E-state index is 12.8. The van der Waals surface area contributed by atoms with Gasteiger partial charge in [0.05, 0.1) is 0 Å². The van der Waals surface area contributed by atoms with Crippen LogP contribution in [0.5, 0.6) is 11.5 Å². The highest BCUT2D eigenvalue weighted by Crippen LogP contribution is 2.33. The monoisotopic (exact) mass is 397 g/mol. The normalized spacial score (nSPS) is 25.3. The zero-order chi connectivity index (χ0) is 19.6. The van der Waals surface area contributed by atoms with Crippen LogP contribution in [0.1, 0.15) is 37.7 Å². The van der Waals surface area contributed by atoms with Gasteiger partial charge >= 0.3 is 0 Å². The number of rotatable bonds is 4. The summed E-state index contributed by atoms with van der Waals surface area (Å²) in [7, 11) is 0. The summed E-state index contributed by atoms with van der Waals surface area (Å²) < 4.78 is 10.9. The van der Waals surface area contributed by atoms with Crippen molar-refractivity contribution in [3.05, 3.63) is 35.4 Å². The Labute approximate surface area is 173 Å². The summed E-state index contributed by atoms with van der Waals surface area (Å²) in [5.41, 5.74) is 2.33. The molecular formula is C23H31N3O3. The van der Waals surface area contributed by atoms with E-state index in [1.807, 2.05) is 6.07 Å². The van der Waals surface area contributed by atoms with Crippen LogP contribution in [0, 0.1) is 0 Å². The van der Waals surface area contributed by atoms with Crippen LogP contribution >= 0.6 is 0 Å². The van der Waals surface area contributed by atoms with Gasteiger partial charge in [-0.25, -0.2) is 0 Å². The highest BCUT2D eigenvalue weighted by Gasteiger charge is 2.31. The molecule has 3 heterocycles. The number of hydrogen-bond acceptors (Lipinski definition) is 5. The molecule has 1 amide bonds. The Morgan fingerprint density at radius 1 is 1.03 bits per heavy atom. The van der Waals surface area contributed by atoms with Gasteiger partial charge in [0.25, 0.3) is 0 Å². The van der Waals surface area contributed by atoms with Crippen molar-refractivity contribution in [3.8, 4) is 11.5 Å². The fraction of sp³-hybridized carbons (Fsp3) is 0.609. The number of hydrogen-bond donors (Lipinski definition) is 0. The number of fused-ring (bicyclic) bond motifs is 1. The molecule has 0 bridgehead atoms. The minimum Gasteiger partial charge on any atom is -0.454 e. The maximum absolute atomic E-state index is 12.8. The van der Waals surface area contributed by atoms with Gasteiger partial charge in [0.15, 0.2) is 11.5 Å². The van der Waals surface area contributed by atoms with Crippen LogP contribution in [0.4, 0.5) is 0 Å². The van der Waals surface area contributed by atoms with Gasteiger partial charge in [0.2, 0.25) is 12.7 Å². The fourth-order valence-corrected chi connectivity index (χ4v) is 5.09. The van der Waals surface area contributed by atoms with Gasteiger partial charge < -0.3 is 14.4 Å². The van der Waals surface area contributed by atoms with Crippen molar-refractivity contribution >= 4 is 5.91 Å². The first-order valence-electron chi connectivity index (χ1n) is 11.1.